The number of hydrogen-bond donors (Lipinski definition) is 0. The molecule has 0 fully saturated rings. The summed E-state index contributed by atoms with van der Waals surface area (Å²) in [7, 11) is 0. The van der Waals surface area contributed by atoms with Crippen LogP contribution in [0, 0.1) is 10.4 Å². The lowest BCUT2D eigenvalue weighted by Gasteiger charge is -2.14. The zero-order valence-corrected chi connectivity index (χ0v) is 11.6. The van der Waals surface area contributed by atoms with Crippen molar-refractivity contribution in [1.82, 2.24) is 0 Å². The van der Waals surface area contributed by atoms with Crippen molar-refractivity contribution in [2.75, 3.05) is 0 Å². The monoisotopic (exact) mass is 306 g/mol. The lowest BCUT2D eigenvalue weighted by Crippen LogP contribution is -2.16. The number of halogens is 2. The third-order valence-electron chi connectivity index (χ3n) is 2.64. The van der Waals surface area contributed by atoms with Crippen molar-refractivity contribution in [3.05, 3.63) is 80.1 Å². The predicted octanol–water partition coefficient (Wildman–Crippen LogP) is 4.27. The van der Waals surface area contributed by atoms with Gasteiger partial charge in [-0.3, -0.25) is 0 Å². The van der Waals surface area contributed by atoms with Crippen molar-refractivity contribution >= 4 is 34.6 Å². The maximum atomic E-state index is 11.1. The van der Waals surface area contributed by atoms with E-state index in [1.54, 1.807) is 48.5 Å². The summed E-state index contributed by atoms with van der Waals surface area (Å²) in [6, 6.07) is 12.8. The average Bonchev–Trinajstić information content (AvgIpc) is 2.47. The molecule has 0 radical (unpaired) electrons. The van der Waals surface area contributed by atoms with Crippen LogP contribution in [-0.2, 0) is 0 Å². The van der Waals surface area contributed by atoms with Crippen LogP contribution in [0.3, 0.4) is 0 Å². The van der Waals surface area contributed by atoms with E-state index in [9.17, 15) is 10.4 Å². The third kappa shape index (κ3) is 3.10. The Labute approximate surface area is 125 Å². The van der Waals surface area contributed by atoms with Gasteiger partial charge in [-0.1, -0.05) is 47.5 Å². The van der Waals surface area contributed by atoms with E-state index in [1.807, 2.05) is 0 Å². The second kappa shape index (κ2) is 6.41. The summed E-state index contributed by atoms with van der Waals surface area (Å²) >= 11 is 11.6. The molecule has 0 aliphatic rings. The molecule has 2 rings (SSSR count). The lowest BCUT2D eigenvalue weighted by molar-refractivity contribution is 1.52. The molecule has 0 bridgehead atoms. The minimum absolute atomic E-state index is 0.0426. The molecule has 0 saturated heterocycles. The van der Waals surface area contributed by atoms with Gasteiger partial charge in [-0.15, -0.1) is 0 Å². The molecule has 0 aliphatic heterocycles. The van der Waals surface area contributed by atoms with Crippen LogP contribution >= 0.6 is 23.2 Å². The summed E-state index contributed by atoms with van der Waals surface area (Å²) < 4.78 is 0. The van der Waals surface area contributed by atoms with Gasteiger partial charge in [0.2, 0.25) is 0 Å². The summed E-state index contributed by atoms with van der Waals surface area (Å²) in [6.45, 7) is 0. The van der Waals surface area contributed by atoms with E-state index in [2.05, 4.69) is 10.3 Å². The molecule has 0 aliphatic carbocycles. The number of rotatable bonds is 3. The first kappa shape index (κ1) is 14.4. The van der Waals surface area contributed by atoms with Crippen LogP contribution in [0.15, 0.2) is 58.8 Å². The second-order valence-electron chi connectivity index (χ2n) is 3.89. The Balaban J connectivity index is 2.44. The van der Waals surface area contributed by atoms with E-state index >= 15 is 0 Å². The van der Waals surface area contributed by atoms with Crippen LogP contribution in [0.2, 0.25) is 10.0 Å². The van der Waals surface area contributed by atoms with Crippen LogP contribution < -0.4 is 0 Å². The lowest BCUT2D eigenvalue weighted by atomic mass is 10.00. The number of benzene rings is 2. The molecule has 2 aromatic rings. The van der Waals surface area contributed by atoms with Gasteiger partial charge in [-0.2, -0.15) is 0 Å². The van der Waals surface area contributed by atoms with Crippen molar-refractivity contribution in [3.8, 4) is 0 Å². The van der Waals surface area contributed by atoms with Crippen LogP contribution in [0.4, 0.5) is 0 Å². The van der Waals surface area contributed by atoms with Gasteiger partial charge < -0.3 is 20.7 Å². The fourth-order valence-electron chi connectivity index (χ4n) is 1.68. The third-order valence-corrected chi connectivity index (χ3v) is 3.15. The van der Waals surface area contributed by atoms with Gasteiger partial charge in [-0.25, -0.2) is 0 Å². The largest absolute Gasteiger partial charge is 0.791 e. The zero-order chi connectivity index (χ0) is 14.5. The molecule has 2 aromatic carbocycles. The fourth-order valence-corrected chi connectivity index (χ4v) is 1.93. The van der Waals surface area contributed by atoms with Crippen molar-refractivity contribution in [3.63, 3.8) is 0 Å². The smallest absolute Gasteiger partial charge is 0.0847 e. The summed E-state index contributed by atoms with van der Waals surface area (Å²) in [4.78, 5) is 0. The molecule has 0 atom stereocenters. The maximum absolute atomic E-state index is 11.1. The van der Waals surface area contributed by atoms with E-state index in [4.69, 9.17) is 23.2 Å². The van der Waals surface area contributed by atoms with Gasteiger partial charge in [0.05, 0.1) is 11.4 Å². The van der Waals surface area contributed by atoms with E-state index in [0.717, 1.165) is 0 Å². The van der Waals surface area contributed by atoms with Gasteiger partial charge in [0.15, 0.2) is 0 Å². The highest BCUT2D eigenvalue weighted by molar-refractivity contribution is 6.53. The molecular formula is C14H8Cl2N2O2-2. The highest BCUT2D eigenvalue weighted by Gasteiger charge is 2.11. The predicted molar refractivity (Wildman–Crippen MR) is 82.7 cm³/mol. The van der Waals surface area contributed by atoms with E-state index < -0.39 is 0 Å². The Morgan fingerprint density at radius 1 is 0.650 bits per heavy atom. The quantitative estimate of drug-likeness (QED) is 0.627. The normalized spacial score (nSPS) is 12.5. The number of hydrogen-bond acceptors (Lipinski definition) is 4. The van der Waals surface area contributed by atoms with Gasteiger partial charge in [0.1, 0.15) is 0 Å². The summed E-state index contributed by atoms with van der Waals surface area (Å²) in [5.74, 6) is 0. The molecule has 0 spiro atoms. The fraction of sp³-hybridized carbons (Fsp3) is 0. The minimum atomic E-state index is -0.0426. The molecule has 4 nitrogen and oxygen atoms in total. The minimum Gasteiger partial charge on any atom is -0.791 e. The van der Waals surface area contributed by atoms with E-state index in [0.29, 0.717) is 21.2 Å². The topological polar surface area (TPSA) is 70.8 Å². The molecular weight excluding hydrogens is 299 g/mol. The van der Waals surface area contributed by atoms with Crippen molar-refractivity contribution in [2.24, 2.45) is 10.3 Å². The van der Waals surface area contributed by atoms with Gasteiger partial charge in [0, 0.05) is 21.2 Å². The summed E-state index contributed by atoms with van der Waals surface area (Å²) in [6.07, 6.45) is 0. The summed E-state index contributed by atoms with van der Waals surface area (Å²) in [5, 5.41) is 29.0. The Bertz CT molecular complexity index is 590. The zero-order valence-electron chi connectivity index (χ0n) is 10.1. The molecule has 6 heteroatoms. The Morgan fingerprint density at radius 3 is 1.20 bits per heavy atom. The Hall–Kier alpha value is -2.04. The molecule has 0 amide bonds. The standard InChI is InChI=1S/C14H10Cl2N2O2/c15-11-5-1-9(2-6-11)13(17-19)14(18-20)10-3-7-12(16)8-4-10/h1-8,19-20H/p-2/b17-13+,18-14+. The van der Waals surface area contributed by atoms with Crippen LogP contribution in [0.5, 0.6) is 0 Å². The van der Waals surface area contributed by atoms with E-state index in [1.165, 1.54) is 0 Å². The van der Waals surface area contributed by atoms with Gasteiger partial charge in [-0.05, 0) is 24.3 Å². The molecule has 102 valence electrons. The first-order chi connectivity index (χ1) is 9.65. The van der Waals surface area contributed by atoms with Gasteiger partial charge >= 0.3 is 0 Å². The van der Waals surface area contributed by atoms with Crippen molar-refractivity contribution in [1.29, 1.82) is 0 Å². The highest BCUT2D eigenvalue weighted by atomic mass is 35.5. The highest BCUT2D eigenvalue weighted by Crippen LogP contribution is 2.16. The average molecular weight is 307 g/mol. The van der Waals surface area contributed by atoms with Crippen LogP contribution in [-0.4, -0.2) is 11.4 Å². The van der Waals surface area contributed by atoms with Crippen LogP contribution in [0.25, 0.3) is 0 Å². The molecule has 0 saturated carbocycles. The van der Waals surface area contributed by atoms with E-state index in [-0.39, 0.29) is 11.4 Å². The Kier molecular flexibility index (Phi) is 4.61. The maximum Gasteiger partial charge on any atom is 0.0847 e. The summed E-state index contributed by atoms with van der Waals surface area (Å²) in [5.41, 5.74) is 0.848. The molecule has 0 aromatic heterocycles. The SMILES string of the molecule is [O-]/N=C(/C(=N/[O-])c1ccc(Cl)cc1)c1ccc(Cl)cc1. The molecule has 20 heavy (non-hydrogen) atoms. The molecule has 0 unspecified atom stereocenters. The second-order valence-corrected chi connectivity index (χ2v) is 4.77. The molecule has 0 heterocycles. The van der Waals surface area contributed by atoms with Crippen LogP contribution in [0.1, 0.15) is 11.1 Å². The Morgan fingerprint density at radius 2 is 0.950 bits per heavy atom. The first-order valence-corrected chi connectivity index (χ1v) is 6.34. The van der Waals surface area contributed by atoms with Crippen molar-refractivity contribution in [2.45, 2.75) is 0 Å². The number of nitrogens with zero attached hydrogens (tertiary/aromatic N) is 2. The van der Waals surface area contributed by atoms with Gasteiger partial charge in [0.25, 0.3) is 0 Å². The van der Waals surface area contributed by atoms with Crippen molar-refractivity contribution < 1.29 is 0 Å². The first-order valence-electron chi connectivity index (χ1n) is 5.58. The molecule has 0 N–H and O–H groups in total.